The lowest BCUT2D eigenvalue weighted by molar-refractivity contribution is 0.0753. The van der Waals surface area contributed by atoms with E-state index in [-0.39, 0.29) is 48.6 Å². The summed E-state index contributed by atoms with van der Waals surface area (Å²) < 4.78 is 47.1. The van der Waals surface area contributed by atoms with Gasteiger partial charge in [0.2, 0.25) is 5.88 Å². The summed E-state index contributed by atoms with van der Waals surface area (Å²) in [6, 6.07) is 16.1. The van der Waals surface area contributed by atoms with E-state index in [4.69, 9.17) is 14.2 Å². The van der Waals surface area contributed by atoms with Crippen LogP contribution in [0.5, 0.6) is 5.88 Å². The molecule has 0 saturated carbocycles. The predicted molar refractivity (Wildman–Crippen MR) is 139 cm³/mol. The van der Waals surface area contributed by atoms with Crippen molar-refractivity contribution in [2.45, 2.75) is 31.1 Å². The molecule has 1 N–H and O–H groups in total. The minimum atomic E-state index is -4.06. The van der Waals surface area contributed by atoms with Gasteiger partial charge >= 0.3 is 0 Å². The Balaban J connectivity index is 2.16. The van der Waals surface area contributed by atoms with Crippen molar-refractivity contribution < 1.29 is 27.7 Å². The molecular formula is C26H35N3O6S. The zero-order valence-corrected chi connectivity index (χ0v) is 22.3. The first-order chi connectivity index (χ1) is 17.1. The van der Waals surface area contributed by atoms with Crippen LogP contribution in [0.2, 0.25) is 0 Å². The standard InChI is InChI=1S/C26H35N3O6S/c1-26(2,3)21-11-13-22(14-12-21)36(31,32)29(19-34-18-17-33-5)25-23(20-9-7-6-8-10-20)24(27-28(25)4)35-16-15-30/h6-14,30H,15-19H2,1-5H3. The third-order valence-electron chi connectivity index (χ3n) is 5.56. The first-order valence-corrected chi connectivity index (χ1v) is 13.1. The Morgan fingerprint density at radius 3 is 2.25 bits per heavy atom. The first-order valence-electron chi connectivity index (χ1n) is 11.7. The molecule has 196 valence electrons. The number of hydrogen-bond acceptors (Lipinski definition) is 7. The molecule has 0 unspecified atom stereocenters. The highest BCUT2D eigenvalue weighted by Crippen LogP contribution is 2.40. The SMILES string of the molecule is COCCOCN(c1c(-c2ccccc2)c(OCCO)nn1C)S(=O)(=O)c1ccc(C(C)(C)C)cc1. The van der Waals surface area contributed by atoms with Crippen LogP contribution >= 0.6 is 0 Å². The maximum Gasteiger partial charge on any atom is 0.267 e. The highest BCUT2D eigenvalue weighted by Gasteiger charge is 2.33. The van der Waals surface area contributed by atoms with Crippen molar-refractivity contribution in [2.75, 3.05) is 44.6 Å². The van der Waals surface area contributed by atoms with Crippen molar-refractivity contribution in [3.8, 4) is 17.0 Å². The highest BCUT2D eigenvalue weighted by molar-refractivity contribution is 7.92. The molecule has 36 heavy (non-hydrogen) atoms. The quantitative estimate of drug-likeness (QED) is 0.289. The van der Waals surface area contributed by atoms with Gasteiger partial charge in [0.05, 0.1) is 30.3 Å². The lowest BCUT2D eigenvalue weighted by atomic mass is 9.87. The molecule has 0 bridgehead atoms. The summed E-state index contributed by atoms with van der Waals surface area (Å²) >= 11 is 0. The number of aliphatic hydroxyl groups excluding tert-OH is 1. The van der Waals surface area contributed by atoms with Crippen LogP contribution in [-0.2, 0) is 32.0 Å². The molecule has 1 aromatic heterocycles. The van der Waals surface area contributed by atoms with E-state index in [1.807, 2.05) is 42.5 Å². The van der Waals surface area contributed by atoms with E-state index in [9.17, 15) is 13.5 Å². The molecule has 1 heterocycles. The largest absolute Gasteiger partial charge is 0.474 e. The summed E-state index contributed by atoms with van der Waals surface area (Å²) in [6.45, 7) is 6.29. The average molecular weight is 518 g/mol. The molecule has 0 amide bonds. The van der Waals surface area contributed by atoms with Crippen molar-refractivity contribution in [1.29, 1.82) is 0 Å². The van der Waals surface area contributed by atoms with Crippen LogP contribution in [0, 0.1) is 0 Å². The summed E-state index contributed by atoms with van der Waals surface area (Å²) in [5, 5.41) is 13.7. The van der Waals surface area contributed by atoms with E-state index in [1.165, 1.54) is 8.99 Å². The summed E-state index contributed by atoms with van der Waals surface area (Å²) in [7, 11) is -0.866. The fraction of sp³-hybridized carbons (Fsp3) is 0.423. The van der Waals surface area contributed by atoms with E-state index >= 15 is 0 Å². The van der Waals surface area contributed by atoms with E-state index in [0.29, 0.717) is 17.7 Å². The maximum absolute atomic E-state index is 14.0. The molecule has 10 heteroatoms. The third-order valence-corrected chi connectivity index (χ3v) is 7.29. The fourth-order valence-electron chi connectivity index (χ4n) is 3.67. The Kier molecular flexibility index (Phi) is 9.13. The third kappa shape index (κ3) is 6.25. The minimum absolute atomic E-state index is 0.0155. The van der Waals surface area contributed by atoms with Crippen LogP contribution in [-0.4, -0.2) is 63.6 Å². The van der Waals surface area contributed by atoms with Crippen LogP contribution in [0.3, 0.4) is 0 Å². The van der Waals surface area contributed by atoms with Crippen molar-refractivity contribution >= 4 is 15.8 Å². The Morgan fingerprint density at radius 2 is 1.67 bits per heavy atom. The van der Waals surface area contributed by atoms with E-state index in [0.717, 1.165) is 5.56 Å². The van der Waals surface area contributed by atoms with E-state index < -0.39 is 10.0 Å². The number of ether oxygens (including phenoxy) is 3. The zero-order valence-electron chi connectivity index (χ0n) is 21.5. The summed E-state index contributed by atoms with van der Waals surface area (Å²) in [5.74, 6) is 0.499. The van der Waals surface area contributed by atoms with E-state index in [2.05, 4.69) is 25.9 Å². The number of aryl methyl sites for hydroxylation is 1. The predicted octanol–water partition coefficient (Wildman–Crippen LogP) is 3.57. The molecule has 3 aromatic rings. The second-order valence-electron chi connectivity index (χ2n) is 9.22. The normalized spacial score (nSPS) is 12.1. The molecule has 0 fully saturated rings. The molecule has 9 nitrogen and oxygen atoms in total. The van der Waals surface area contributed by atoms with Gasteiger partial charge in [0.1, 0.15) is 13.3 Å². The molecule has 3 rings (SSSR count). The van der Waals surface area contributed by atoms with Crippen molar-refractivity contribution in [1.82, 2.24) is 9.78 Å². The average Bonchev–Trinajstić information content (AvgIpc) is 3.18. The molecular weight excluding hydrogens is 482 g/mol. The summed E-state index contributed by atoms with van der Waals surface area (Å²) in [4.78, 5) is 0.129. The molecule has 0 aliphatic carbocycles. The fourth-order valence-corrected chi connectivity index (χ4v) is 5.05. The number of benzene rings is 2. The molecule has 0 aliphatic heterocycles. The van der Waals surface area contributed by atoms with Gasteiger partial charge in [0.15, 0.2) is 5.82 Å². The van der Waals surface area contributed by atoms with Crippen molar-refractivity contribution in [2.24, 2.45) is 7.05 Å². The smallest absolute Gasteiger partial charge is 0.267 e. The van der Waals surface area contributed by atoms with Crippen molar-refractivity contribution in [3.63, 3.8) is 0 Å². The second-order valence-corrected chi connectivity index (χ2v) is 11.1. The van der Waals surface area contributed by atoms with Crippen molar-refractivity contribution in [3.05, 3.63) is 60.2 Å². The lowest BCUT2D eigenvalue weighted by Crippen LogP contribution is -2.35. The molecule has 0 spiro atoms. The van der Waals surface area contributed by atoms with Gasteiger partial charge in [-0.2, -0.15) is 0 Å². The van der Waals surface area contributed by atoms with Gasteiger partial charge in [-0.15, -0.1) is 5.10 Å². The Morgan fingerprint density at radius 1 is 1.00 bits per heavy atom. The Labute approximate surface area is 213 Å². The number of rotatable bonds is 12. The maximum atomic E-state index is 14.0. The minimum Gasteiger partial charge on any atom is -0.474 e. The van der Waals surface area contributed by atoms with Crippen LogP contribution in [0.4, 0.5) is 5.82 Å². The Hall–Kier alpha value is -2.92. The number of hydrogen-bond donors (Lipinski definition) is 1. The van der Waals surface area contributed by atoms with Gasteiger partial charge in [-0.1, -0.05) is 63.2 Å². The molecule has 0 atom stereocenters. The van der Waals surface area contributed by atoms with Crippen LogP contribution < -0.4 is 9.04 Å². The van der Waals surface area contributed by atoms with Gasteiger partial charge in [-0.3, -0.25) is 0 Å². The number of aromatic nitrogens is 2. The van der Waals surface area contributed by atoms with Crippen LogP contribution in [0.15, 0.2) is 59.5 Å². The first kappa shape index (κ1) is 27.7. The molecule has 0 radical (unpaired) electrons. The lowest BCUT2D eigenvalue weighted by Gasteiger charge is -2.26. The van der Waals surface area contributed by atoms with E-state index in [1.54, 1.807) is 26.3 Å². The van der Waals surface area contributed by atoms with Gasteiger partial charge in [-0.05, 0) is 28.7 Å². The number of nitrogens with zero attached hydrogens (tertiary/aromatic N) is 3. The highest BCUT2D eigenvalue weighted by atomic mass is 32.2. The van der Waals surface area contributed by atoms with Gasteiger partial charge in [-0.25, -0.2) is 17.4 Å². The summed E-state index contributed by atoms with van der Waals surface area (Å²) in [6.07, 6.45) is 0. The molecule has 2 aromatic carbocycles. The number of aliphatic hydroxyl groups is 1. The van der Waals surface area contributed by atoms with Crippen LogP contribution in [0.1, 0.15) is 26.3 Å². The summed E-state index contributed by atoms with van der Waals surface area (Å²) in [5.41, 5.74) is 2.10. The van der Waals surface area contributed by atoms with Gasteiger partial charge in [0.25, 0.3) is 10.0 Å². The zero-order chi connectivity index (χ0) is 26.3. The monoisotopic (exact) mass is 517 g/mol. The van der Waals surface area contributed by atoms with Gasteiger partial charge < -0.3 is 19.3 Å². The second kappa shape index (κ2) is 11.9. The number of methoxy groups -OCH3 is 1. The topological polar surface area (TPSA) is 103 Å². The number of sulfonamides is 1. The number of anilines is 1. The molecule has 0 saturated heterocycles. The van der Waals surface area contributed by atoms with Gasteiger partial charge in [0, 0.05) is 14.2 Å². The molecule has 0 aliphatic rings. The van der Waals surface area contributed by atoms with Crippen LogP contribution in [0.25, 0.3) is 11.1 Å². The Bertz CT molecular complexity index is 1220.